The molecule has 0 saturated carbocycles. The molecule has 37 heavy (non-hydrogen) atoms. The van der Waals surface area contributed by atoms with Crippen LogP contribution in [-0.4, -0.2) is 62.6 Å². The van der Waals surface area contributed by atoms with Crippen molar-refractivity contribution in [1.82, 2.24) is 24.2 Å². The number of benzene rings is 2. The van der Waals surface area contributed by atoms with Gasteiger partial charge < -0.3 is 19.9 Å². The number of alkyl halides is 1. The summed E-state index contributed by atoms with van der Waals surface area (Å²) >= 11 is 0. The van der Waals surface area contributed by atoms with Crippen LogP contribution in [0.2, 0.25) is 0 Å². The quantitative estimate of drug-likeness (QED) is 0.383. The highest BCUT2D eigenvalue weighted by atomic mass is 19.1. The zero-order valence-electron chi connectivity index (χ0n) is 20.9. The Morgan fingerprint density at radius 3 is 2.57 bits per heavy atom. The Balaban J connectivity index is 1.34. The maximum absolute atomic E-state index is 13.1. The number of aromatic nitrogens is 3. The largest absolute Gasteiger partial charge is 0.461 e. The minimum atomic E-state index is -1.37. The van der Waals surface area contributed by atoms with Gasteiger partial charge >= 0.3 is 0 Å². The lowest BCUT2D eigenvalue weighted by Gasteiger charge is -2.34. The smallest absolute Gasteiger partial charge is 0.254 e. The van der Waals surface area contributed by atoms with Crippen LogP contribution in [0.4, 0.5) is 15.9 Å². The molecule has 2 aromatic heterocycles. The molecule has 1 amide bonds. The van der Waals surface area contributed by atoms with Gasteiger partial charge in [-0.05, 0) is 61.2 Å². The first-order valence-electron chi connectivity index (χ1n) is 12.2. The second-order valence-electron chi connectivity index (χ2n) is 8.96. The van der Waals surface area contributed by atoms with Gasteiger partial charge in [-0.2, -0.15) is 0 Å². The molecule has 5 rings (SSSR count). The number of rotatable bonds is 7. The van der Waals surface area contributed by atoms with Crippen molar-refractivity contribution in [2.24, 2.45) is 0 Å². The Morgan fingerprint density at radius 2 is 1.89 bits per heavy atom. The van der Waals surface area contributed by atoms with Crippen LogP contribution in [0.1, 0.15) is 22.8 Å². The third-order valence-corrected chi connectivity index (χ3v) is 6.46. The number of nitrogens with one attached hydrogen (secondary N) is 1. The van der Waals surface area contributed by atoms with Crippen molar-refractivity contribution in [1.29, 1.82) is 0 Å². The average molecular weight is 501 g/mol. The summed E-state index contributed by atoms with van der Waals surface area (Å²) < 4.78 is 20.2. The molecule has 1 aliphatic rings. The Bertz CT molecular complexity index is 1420. The Hall–Kier alpha value is -4.40. The van der Waals surface area contributed by atoms with Crippen LogP contribution in [0.3, 0.4) is 0 Å². The number of aryl methyl sites for hydroxylation is 1. The minimum Gasteiger partial charge on any atom is -0.461 e. The molecule has 1 fully saturated rings. The predicted molar refractivity (Wildman–Crippen MR) is 142 cm³/mol. The average Bonchev–Trinajstić information content (AvgIpc) is 3.34. The van der Waals surface area contributed by atoms with E-state index in [1.54, 1.807) is 24.5 Å². The summed E-state index contributed by atoms with van der Waals surface area (Å²) in [5, 5.41) is 3.34. The van der Waals surface area contributed by atoms with Crippen molar-refractivity contribution in [3.05, 3.63) is 85.0 Å². The summed E-state index contributed by atoms with van der Waals surface area (Å²) in [6.07, 6.45) is 5.78. The molecule has 1 unspecified atom stereocenters. The molecule has 0 radical (unpaired) electrons. The summed E-state index contributed by atoms with van der Waals surface area (Å²) in [4.78, 5) is 26.2. The number of imidazole rings is 1. The normalized spacial score (nSPS) is 14.5. The molecule has 8 nitrogen and oxygen atoms in total. The lowest BCUT2D eigenvalue weighted by Crippen LogP contribution is -2.46. The molecule has 190 valence electrons. The van der Waals surface area contributed by atoms with Gasteiger partial charge in [-0.15, -0.1) is 0 Å². The molecule has 9 heteroatoms. The van der Waals surface area contributed by atoms with E-state index in [9.17, 15) is 9.18 Å². The van der Waals surface area contributed by atoms with E-state index >= 15 is 0 Å². The molecule has 4 aromatic rings. The van der Waals surface area contributed by atoms with E-state index in [1.807, 2.05) is 59.0 Å². The first-order valence-corrected chi connectivity index (χ1v) is 12.2. The molecular weight excluding hydrogens is 471 g/mol. The number of fused-ring (bicyclic) bond motifs is 1. The van der Waals surface area contributed by atoms with Crippen LogP contribution >= 0.6 is 0 Å². The lowest BCUT2D eigenvalue weighted by atomic mass is 10.1. The van der Waals surface area contributed by atoms with Crippen molar-refractivity contribution in [3.8, 4) is 17.0 Å². The maximum atomic E-state index is 13.1. The SMILES string of the molecule is C=CN1CCN(C(=O)c2ccc(Nc3nccn4c(-c5ccc(OC(C)F)cc5)cnc34)cc2C)CC1. The van der Waals surface area contributed by atoms with Gasteiger partial charge in [0.15, 0.2) is 11.5 Å². The maximum Gasteiger partial charge on any atom is 0.254 e. The second-order valence-corrected chi connectivity index (χ2v) is 8.96. The molecule has 0 spiro atoms. The van der Waals surface area contributed by atoms with Gasteiger partial charge in [0.25, 0.3) is 5.91 Å². The van der Waals surface area contributed by atoms with Crippen molar-refractivity contribution in [2.75, 3.05) is 31.5 Å². The van der Waals surface area contributed by atoms with E-state index in [4.69, 9.17) is 4.74 Å². The van der Waals surface area contributed by atoms with E-state index < -0.39 is 6.36 Å². The molecule has 1 atom stereocenters. The van der Waals surface area contributed by atoms with E-state index in [-0.39, 0.29) is 5.91 Å². The number of piperazine rings is 1. The summed E-state index contributed by atoms with van der Waals surface area (Å²) in [5.74, 6) is 1.11. The Morgan fingerprint density at radius 1 is 1.14 bits per heavy atom. The third kappa shape index (κ3) is 5.11. The number of hydrogen-bond donors (Lipinski definition) is 1. The third-order valence-electron chi connectivity index (χ3n) is 6.46. The number of carbonyl (C=O) groups is 1. The van der Waals surface area contributed by atoms with Crippen LogP contribution in [0.5, 0.6) is 5.75 Å². The van der Waals surface area contributed by atoms with Crippen LogP contribution in [0.15, 0.2) is 73.8 Å². The van der Waals surface area contributed by atoms with Crippen molar-refractivity contribution >= 4 is 23.1 Å². The Labute approximate surface area is 215 Å². The molecule has 3 heterocycles. The molecule has 2 aromatic carbocycles. The predicted octanol–water partition coefficient (Wildman–Crippen LogP) is 5.04. The van der Waals surface area contributed by atoms with Gasteiger partial charge in [-0.3, -0.25) is 9.20 Å². The van der Waals surface area contributed by atoms with Crippen LogP contribution in [0.25, 0.3) is 16.9 Å². The summed E-state index contributed by atoms with van der Waals surface area (Å²) in [7, 11) is 0. The first kappa shape index (κ1) is 24.3. The van der Waals surface area contributed by atoms with Crippen molar-refractivity contribution < 1.29 is 13.9 Å². The molecule has 0 aliphatic carbocycles. The second kappa shape index (κ2) is 10.3. The number of ether oxygens (including phenoxy) is 1. The summed E-state index contributed by atoms with van der Waals surface area (Å²) in [6.45, 7) is 10.1. The number of anilines is 2. The Kier molecular flexibility index (Phi) is 6.76. The number of nitrogens with zero attached hydrogens (tertiary/aromatic N) is 5. The molecule has 1 aliphatic heterocycles. The van der Waals surface area contributed by atoms with Gasteiger partial charge in [-0.1, -0.05) is 6.58 Å². The zero-order valence-corrected chi connectivity index (χ0v) is 20.9. The van der Waals surface area contributed by atoms with Gasteiger partial charge in [0, 0.05) is 62.3 Å². The van der Waals surface area contributed by atoms with Gasteiger partial charge in [-0.25, -0.2) is 14.4 Å². The van der Waals surface area contributed by atoms with E-state index in [1.165, 1.54) is 6.92 Å². The highest BCUT2D eigenvalue weighted by molar-refractivity contribution is 5.96. The highest BCUT2D eigenvalue weighted by Crippen LogP contribution is 2.28. The monoisotopic (exact) mass is 500 g/mol. The fraction of sp³-hybridized carbons (Fsp3) is 0.250. The molecular formula is C28H29FN6O2. The van der Waals surface area contributed by atoms with Crippen molar-refractivity contribution in [2.45, 2.75) is 20.2 Å². The van der Waals surface area contributed by atoms with E-state index in [2.05, 4.69) is 26.8 Å². The zero-order chi connectivity index (χ0) is 25.9. The molecule has 0 bridgehead atoms. The topological polar surface area (TPSA) is 75.0 Å². The molecule has 1 N–H and O–H groups in total. The standard InChI is InChI=1S/C28H29FN6O2/c1-4-33-13-15-34(16-14-33)28(36)24-10-7-22(17-19(24)2)32-26-27-31-18-25(35(27)12-11-30-26)21-5-8-23(9-6-21)37-20(3)29/h4-12,17-18,20H,1,13-16H2,2-3H3,(H,30,32). The fourth-order valence-electron chi connectivity index (χ4n) is 4.51. The number of hydrogen-bond acceptors (Lipinski definition) is 6. The molecule has 1 saturated heterocycles. The first-order chi connectivity index (χ1) is 17.9. The van der Waals surface area contributed by atoms with Crippen LogP contribution < -0.4 is 10.1 Å². The van der Waals surface area contributed by atoms with Gasteiger partial charge in [0.1, 0.15) is 5.75 Å². The van der Waals surface area contributed by atoms with Gasteiger partial charge in [0.05, 0.1) is 11.9 Å². The summed E-state index contributed by atoms with van der Waals surface area (Å²) in [5.41, 5.74) is 4.85. The lowest BCUT2D eigenvalue weighted by molar-refractivity contribution is 0.0678. The summed E-state index contributed by atoms with van der Waals surface area (Å²) in [6, 6.07) is 12.9. The number of amides is 1. The van der Waals surface area contributed by atoms with Crippen LogP contribution in [0, 0.1) is 6.92 Å². The number of halogens is 1. The highest BCUT2D eigenvalue weighted by Gasteiger charge is 2.22. The fourth-order valence-corrected chi connectivity index (χ4v) is 4.51. The van der Waals surface area contributed by atoms with Crippen LogP contribution in [-0.2, 0) is 0 Å². The number of carbonyl (C=O) groups excluding carboxylic acids is 1. The minimum absolute atomic E-state index is 0.0447. The van der Waals surface area contributed by atoms with E-state index in [0.717, 1.165) is 35.6 Å². The van der Waals surface area contributed by atoms with Gasteiger partial charge in [0.2, 0.25) is 6.36 Å². The van der Waals surface area contributed by atoms with E-state index in [0.29, 0.717) is 35.9 Å². The van der Waals surface area contributed by atoms with Crippen molar-refractivity contribution in [3.63, 3.8) is 0 Å².